The van der Waals surface area contributed by atoms with Gasteiger partial charge in [-0.2, -0.15) is 0 Å². The molecule has 3 aromatic rings. The Morgan fingerprint density at radius 3 is 2.92 bits per heavy atom. The van der Waals surface area contributed by atoms with Gasteiger partial charge in [0.25, 0.3) is 0 Å². The quantitative estimate of drug-likeness (QED) is 0.414. The molecule has 0 amide bonds. The zero-order valence-electron chi connectivity index (χ0n) is 13.1. The summed E-state index contributed by atoms with van der Waals surface area (Å²) in [6, 6.07) is 5.70. The van der Waals surface area contributed by atoms with Gasteiger partial charge in [0, 0.05) is 30.9 Å². The molecule has 122 valence electrons. The van der Waals surface area contributed by atoms with Crippen LogP contribution in [0.2, 0.25) is 0 Å². The van der Waals surface area contributed by atoms with Gasteiger partial charge < -0.3 is 8.98 Å². The van der Waals surface area contributed by atoms with Gasteiger partial charge in [-0.3, -0.25) is 4.99 Å². The molecule has 24 heavy (non-hydrogen) atoms. The van der Waals surface area contributed by atoms with E-state index < -0.39 is 11.4 Å². The zero-order valence-corrected chi connectivity index (χ0v) is 13.9. The van der Waals surface area contributed by atoms with Gasteiger partial charge in [0.1, 0.15) is 16.4 Å². The predicted molar refractivity (Wildman–Crippen MR) is 96.0 cm³/mol. The number of nitrogens with zero attached hydrogens (tertiary/aromatic N) is 3. The normalized spacial score (nSPS) is 11.9. The summed E-state index contributed by atoms with van der Waals surface area (Å²) in [6.45, 7) is 3.75. The van der Waals surface area contributed by atoms with Crippen molar-refractivity contribution in [1.82, 2.24) is 9.55 Å². The number of fused-ring (bicyclic) bond motifs is 1. The van der Waals surface area contributed by atoms with Crippen LogP contribution in [0, 0.1) is 5.82 Å². The maximum atomic E-state index is 13.3. The van der Waals surface area contributed by atoms with Gasteiger partial charge in [-0.05, 0) is 24.5 Å². The molecule has 2 aromatic heterocycles. The van der Waals surface area contributed by atoms with E-state index in [1.165, 1.54) is 23.9 Å². The number of thioether (sulfide) groups is 1. The van der Waals surface area contributed by atoms with E-state index in [1.54, 1.807) is 36.1 Å². The fourth-order valence-electron chi connectivity index (χ4n) is 2.37. The van der Waals surface area contributed by atoms with Crippen molar-refractivity contribution in [1.29, 1.82) is 0 Å². The molecule has 2 heterocycles. The third-order valence-corrected chi connectivity index (χ3v) is 4.24. The highest BCUT2D eigenvalue weighted by Crippen LogP contribution is 2.23. The molecule has 5 nitrogen and oxygen atoms in total. The zero-order chi connectivity index (χ0) is 17.3. The van der Waals surface area contributed by atoms with Crippen molar-refractivity contribution < 1.29 is 8.81 Å². The van der Waals surface area contributed by atoms with E-state index >= 15 is 0 Å². The van der Waals surface area contributed by atoms with Crippen molar-refractivity contribution >= 4 is 34.0 Å². The molecule has 0 saturated heterocycles. The highest BCUT2D eigenvalue weighted by molar-refractivity contribution is 8.13. The lowest BCUT2D eigenvalue weighted by molar-refractivity contribution is 0.556. The second kappa shape index (κ2) is 6.45. The van der Waals surface area contributed by atoms with Crippen LogP contribution in [0.25, 0.3) is 28.4 Å². The number of hydrogen-bond acceptors (Lipinski definition) is 5. The molecule has 0 aliphatic carbocycles. The SMILES string of the molecule is C=Cn1cc(-c2cc3ccc(F)cc3oc2=O)nc1C(=NC)SC. The van der Waals surface area contributed by atoms with Crippen molar-refractivity contribution in [2.75, 3.05) is 13.3 Å². The minimum absolute atomic E-state index is 0.201. The smallest absolute Gasteiger partial charge is 0.345 e. The number of rotatable bonds is 3. The fourth-order valence-corrected chi connectivity index (χ4v) is 2.88. The van der Waals surface area contributed by atoms with Crippen molar-refractivity contribution in [2.45, 2.75) is 0 Å². The van der Waals surface area contributed by atoms with E-state index in [-0.39, 0.29) is 5.58 Å². The summed E-state index contributed by atoms with van der Waals surface area (Å²) >= 11 is 1.45. The van der Waals surface area contributed by atoms with Crippen LogP contribution in [-0.4, -0.2) is 27.9 Å². The number of benzene rings is 1. The number of aromatic nitrogens is 2. The van der Waals surface area contributed by atoms with Crippen LogP contribution < -0.4 is 5.63 Å². The molecular formula is C17H14FN3O2S. The lowest BCUT2D eigenvalue weighted by atomic mass is 10.1. The average molecular weight is 343 g/mol. The largest absolute Gasteiger partial charge is 0.422 e. The summed E-state index contributed by atoms with van der Waals surface area (Å²) < 4.78 is 20.2. The first-order chi connectivity index (χ1) is 11.6. The Balaban J connectivity index is 2.21. The highest BCUT2D eigenvalue weighted by Gasteiger charge is 2.16. The van der Waals surface area contributed by atoms with Crippen molar-refractivity contribution in [3.8, 4) is 11.3 Å². The molecule has 0 bridgehead atoms. The van der Waals surface area contributed by atoms with E-state index in [4.69, 9.17) is 4.42 Å². The molecule has 1 aromatic carbocycles. The maximum Gasteiger partial charge on any atom is 0.345 e. The van der Waals surface area contributed by atoms with Crippen molar-refractivity contribution in [3.63, 3.8) is 0 Å². The second-order valence-electron chi connectivity index (χ2n) is 4.90. The van der Waals surface area contributed by atoms with E-state index in [1.807, 2.05) is 6.26 Å². The molecule has 0 fully saturated rings. The first-order valence-electron chi connectivity index (χ1n) is 7.03. The maximum absolute atomic E-state index is 13.3. The molecule has 7 heteroatoms. The van der Waals surface area contributed by atoms with Crippen LogP contribution in [0.5, 0.6) is 0 Å². The van der Waals surface area contributed by atoms with Gasteiger partial charge in [-0.15, -0.1) is 11.8 Å². The van der Waals surface area contributed by atoms with Crippen LogP contribution in [-0.2, 0) is 0 Å². The Kier molecular flexibility index (Phi) is 4.35. The molecule has 0 atom stereocenters. The Morgan fingerprint density at radius 1 is 1.46 bits per heavy atom. The first-order valence-corrected chi connectivity index (χ1v) is 8.26. The molecule has 3 rings (SSSR count). The van der Waals surface area contributed by atoms with Crippen LogP contribution in [0.4, 0.5) is 4.39 Å². The average Bonchev–Trinajstić information content (AvgIpc) is 2.99. The molecule has 0 radical (unpaired) electrons. The minimum atomic E-state index is -0.576. The molecular weight excluding hydrogens is 329 g/mol. The highest BCUT2D eigenvalue weighted by atomic mass is 32.2. The number of imidazole rings is 1. The fraction of sp³-hybridized carbons (Fsp3) is 0.118. The molecule has 0 aliphatic rings. The van der Waals surface area contributed by atoms with Crippen molar-refractivity contribution in [3.05, 3.63) is 59.1 Å². The monoisotopic (exact) mass is 343 g/mol. The van der Waals surface area contributed by atoms with Crippen molar-refractivity contribution in [2.24, 2.45) is 4.99 Å². The molecule has 0 N–H and O–H groups in total. The number of aliphatic imine (C=N–C) groups is 1. The predicted octanol–water partition coefficient (Wildman–Crippen LogP) is 3.64. The van der Waals surface area contributed by atoms with Crippen LogP contribution >= 0.6 is 11.8 Å². The van der Waals surface area contributed by atoms with Gasteiger partial charge in [0.15, 0.2) is 5.82 Å². The molecule has 0 aliphatic heterocycles. The third kappa shape index (κ3) is 2.78. The summed E-state index contributed by atoms with van der Waals surface area (Å²) in [6.07, 6.45) is 5.17. The Bertz CT molecular complexity index is 1020. The summed E-state index contributed by atoms with van der Waals surface area (Å²) in [7, 11) is 1.67. The lowest BCUT2D eigenvalue weighted by Gasteiger charge is -2.01. The lowest BCUT2D eigenvalue weighted by Crippen LogP contribution is -2.04. The number of hydrogen-bond donors (Lipinski definition) is 0. The standard InChI is InChI=1S/C17H14FN3O2S/c1-4-21-9-13(20-15(21)16(19-2)24-3)12-7-10-5-6-11(18)8-14(10)23-17(12)22/h4-9H,1H2,2-3H3. The summed E-state index contributed by atoms with van der Waals surface area (Å²) in [4.78, 5) is 20.9. The topological polar surface area (TPSA) is 60.4 Å². The molecule has 0 saturated carbocycles. The van der Waals surface area contributed by atoms with Crippen LogP contribution in [0.1, 0.15) is 5.82 Å². The first kappa shape index (κ1) is 16.2. The van der Waals surface area contributed by atoms with Gasteiger partial charge in [0.05, 0.1) is 11.3 Å². The minimum Gasteiger partial charge on any atom is -0.422 e. The Hall–Kier alpha value is -2.67. The van der Waals surface area contributed by atoms with E-state index in [9.17, 15) is 9.18 Å². The second-order valence-corrected chi connectivity index (χ2v) is 5.70. The van der Waals surface area contributed by atoms with Gasteiger partial charge in [-0.1, -0.05) is 6.58 Å². The summed E-state index contributed by atoms with van der Waals surface area (Å²) in [5.74, 6) is 0.133. The van der Waals surface area contributed by atoms with Crippen LogP contribution in [0.3, 0.4) is 0 Å². The van der Waals surface area contributed by atoms with Gasteiger partial charge in [-0.25, -0.2) is 14.2 Å². The molecule has 0 spiro atoms. The van der Waals surface area contributed by atoms with E-state index in [2.05, 4.69) is 16.6 Å². The molecule has 0 unspecified atom stereocenters. The van der Waals surface area contributed by atoms with Crippen LogP contribution in [0.15, 0.2) is 51.2 Å². The van der Waals surface area contributed by atoms with E-state index in [0.29, 0.717) is 27.5 Å². The van der Waals surface area contributed by atoms with Gasteiger partial charge >= 0.3 is 5.63 Å². The third-order valence-electron chi connectivity index (χ3n) is 3.49. The Morgan fingerprint density at radius 2 is 2.25 bits per heavy atom. The van der Waals surface area contributed by atoms with E-state index in [0.717, 1.165) is 0 Å². The summed E-state index contributed by atoms with van der Waals surface area (Å²) in [5.41, 5.74) is 0.368. The van der Waals surface area contributed by atoms with Gasteiger partial charge in [0.2, 0.25) is 0 Å². The number of halogens is 1. The Labute approximate surface area is 141 Å². The summed E-state index contributed by atoms with van der Waals surface area (Å²) in [5, 5.41) is 1.34.